The molecule has 0 fully saturated rings. The van der Waals surface area contributed by atoms with E-state index >= 15 is 0 Å². The topological polar surface area (TPSA) is 22.2 Å². The highest BCUT2D eigenvalue weighted by atomic mass is 15.2. The van der Waals surface area contributed by atoms with Crippen LogP contribution in [0.3, 0.4) is 0 Å². The number of pyridine rings is 1. The minimum atomic E-state index is 1.14. The third-order valence-electron chi connectivity index (χ3n) is 7.51. The van der Waals surface area contributed by atoms with E-state index in [9.17, 15) is 0 Å². The van der Waals surface area contributed by atoms with Gasteiger partial charge in [-0.15, -0.1) is 0 Å². The quantitative estimate of drug-likeness (QED) is 0.250. The molecule has 0 amide bonds. The summed E-state index contributed by atoms with van der Waals surface area (Å²) >= 11 is 0. The van der Waals surface area contributed by atoms with Crippen LogP contribution in [0.4, 0.5) is 0 Å². The number of benzene rings is 3. The second-order valence-electron chi connectivity index (χ2n) is 9.71. The van der Waals surface area contributed by atoms with Crippen LogP contribution in [-0.4, -0.2) is 14.2 Å². The predicted octanol–water partition coefficient (Wildman–Crippen LogP) is 7.86. The summed E-state index contributed by atoms with van der Waals surface area (Å²) in [6.45, 7) is 11.0. The van der Waals surface area contributed by atoms with Gasteiger partial charge in [0.1, 0.15) is 0 Å². The number of aryl methyl sites for hydroxylation is 4. The fraction of sp³-hybridized carbons (Fsp3) is 0.194. The Bertz CT molecular complexity index is 1740. The highest BCUT2D eigenvalue weighted by Crippen LogP contribution is 2.40. The Labute approximate surface area is 200 Å². The van der Waals surface area contributed by atoms with Crippen molar-refractivity contribution in [2.45, 2.75) is 34.6 Å². The minimum absolute atomic E-state index is 1.14. The van der Waals surface area contributed by atoms with E-state index in [0.717, 1.165) is 11.0 Å². The number of hydrogen-bond donors (Lipinski definition) is 0. The van der Waals surface area contributed by atoms with Crippen molar-refractivity contribution in [2.75, 3.05) is 0 Å². The molecule has 0 aliphatic rings. The van der Waals surface area contributed by atoms with Crippen molar-refractivity contribution in [3.8, 4) is 22.3 Å². The van der Waals surface area contributed by atoms with Crippen molar-refractivity contribution in [3.63, 3.8) is 0 Å². The zero-order valence-electron chi connectivity index (χ0n) is 20.7. The average molecular weight is 444 g/mol. The van der Waals surface area contributed by atoms with E-state index < -0.39 is 0 Å². The van der Waals surface area contributed by atoms with Gasteiger partial charge >= 0.3 is 0 Å². The lowest BCUT2D eigenvalue weighted by Gasteiger charge is -2.16. The first-order valence-electron chi connectivity index (χ1n) is 11.9. The van der Waals surface area contributed by atoms with Gasteiger partial charge in [0.15, 0.2) is 0 Å². The van der Waals surface area contributed by atoms with Crippen LogP contribution in [-0.2, 0) is 7.05 Å². The van der Waals surface area contributed by atoms with Crippen molar-refractivity contribution in [2.24, 2.45) is 7.05 Å². The predicted molar refractivity (Wildman–Crippen MR) is 144 cm³/mol. The molecule has 0 bridgehead atoms. The fourth-order valence-corrected chi connectivity index (χ4v) is 5.82. The van der Waals surface area contributed by atoms with Crippen molar-refractivity contribution >= 4 is 27.2 Å². The first kappa shape index (κ1) is 20.7. The molecule has 3 heterocycles. The maximum absolute atomic E-state index is 4.71. The molecule has 0 aliphatic carbocycles. The monoisotopic (exact) mass is 443 g/mol. The molecule has 3 nitrogen and oxygen atoms in total. The Morgan fingerprint density at radius 2 is 1.47 bits per heavy atom. The lowest BCUT2D eigenvalue weighted by Crippen LogP contribution is -1.96. The number of aromatic nitrogens is 3. The second-order valence-corrected chi connectivity index (χ2v) is 9.71. The van der Waals surface area contributed by atoms with E-state index in [-0.39, 0.29) is 0 Å². The van der Waals surface area contributed by atoms with Crippen LogP contribution in [0.2, 0.25) is 0 Å². The van der Waals surface area contributed by atoms with E-state index in [2.05, 4.69) is 111 Å². The van der Waals surface area contributed by atoms with E-state index in [1.165, 1.54) is 66.5 Å². The SMILES string of the molecule is Cc1cc(C)c(-c2ccc3c(c2)c2c(-c4cc(C)n(C)c4C)cccc2n2nccc32)c(C)c1. The average Bonchev–Trinajstić information content (AvgIpc) is 3.39. The molecular formula is C31H29N3. The van der Waals surface area contributed by atoms with Gasteiger partial charge in [0.25, 0.3) is 0 Å². The molecule has 0 saturated carbocycles. The molecule has 0 N–H and O–H groups in total. The lowest BCUT2D eigenvalue weighted by atomic mass is 9.90. The molecule has 0 aliphatic heterocycles. The van der Waals surface area contributed by atoms with Crippen molar-refractivity contribution < 1.29 is 0 Å². The number of hydrogen-bond acceptors (Lipinski definition) is 1. The van der Waals surface area contributed by atoms with Crippen molar-refractivity contribution in [3.05, 3.63) is 94.9 Å². The Morgan fingerprint density at radius 3 is 2.18 bits per heavy atom. The van der Waals surface area contributed by atoms with Crippen LogP contribution < -0.4 is 0 Å². The largest absolute Gasteiger partial charge is 0.352 e. The van der Waals surface area contributed by atoms with Crippen molar-refractivity contribution in [1.29, 1.82) is 0 Å². The zero-order valence-corrected chi connectivity index (χ0v) is 20.7. The number of rotatable bonds is 2. The van der Waals surface area contributed by atoms with Gasteiger partial charge in [0.05, 0.1) is 17.2 Å². The molecule has 0 atom stereocenters. The van der Waals surface area contributed by atoms with Crippen molar-refractivity contribution in [1.82, 2.24) is 14.2 Å². The standard InChI is InChI=1S/C31H29N3/c1-18-14-19(2)30(20(3)15-18)23-10-11-24-27(17-23)31-25(26-16-21(4)33(6)22(26)5)8-7-9-29(31)34-28(24)12-13-32-34/h7-17H,1-6H3. The van der Waals surface area contributed by atoms with Crippen LogP contribution in [0.15, 0.2) is 66.9 Å². The molecule has 0 saturated heterocycles. The molecule has 3 heteroatoms. The fourth-order valence-electron chi connectivity index (χ4n) is 5.82. The van der Waals surface area contributed by atoms with Gasteiger partial charge in [0.2, 0.25) is 0 Å². The normalized spacial score (nSPS) is 11.8. The smallest absolute Gasteiger partial charge is 0.0747 e. The first-order chi connectivity index (χ1) is 16.3. The number of fused-ring (bicyclic) bond motifs is 6. The summed E-state index contributed by atoms with van der Waals surface area (Å²) in [6, 6.07) is 22.5. The third kappa shape index (κ3) is 2.86. The number of nitrogens with zero attached hydrogens (tertiary/aromatic N) is 3. The van der Waals surface area contributed by atoms with Crippen LogP contribution in [0.25, 0.3) is 49.4 Å². The van der Waals surface area contributed by atoms with Gasteiger partial charge < -0.3 is 4.57 Å². The lowest BCUT2D eigenvalue weighted by molar-refractivity contribution is 0.845. The second kappa shape index (κ2) is 7.33. The summed E-state index contributed by atoms with van der Waals surface area (Å²) in [5.41, 5.74) is 13.9. The van der Waals surface area contributed by atoms with Gasteiger partial charge in [-0.25, -0.2) is 4.52 Å². The summed E-state index contributed by atoms with van der Waals surface area (Å²) < 4.78 is 4.36. The first-order valence-corrected chi connectivity index (χ1v) is 11.9. The van der Waals surface area contributed by atoms with E-state index in [1.54, 1.807) is 0 Å². The molecular weight excluding hydrogens is 414 g/mol. The zero-order chi connectivity index (χ0) is 23.7. The molecule has 168 valence electrons. The maximum atomic E-state index is 4.71. The minimum Gasteiger partial charge on any atom is -0.352 e. The summed E-state index contributed by atoms with van der Waals surface area (Å²) in [6.07, 6.45) is 1.90. The van der Waals surface area contributed by atoms with Gasteiger partial charge in [-0.05, 0) is 92.1 Å². The highest BCUT2D eigenvalue weighted by Gasteiger charge is 2.18. The Balaban J connectivity index is 1.79. The van der Waals surface area contributed by atoms with Gasteiger partial charge in [-0.2, -0.15) is 5.10 Å². The van der Waals surface area contributed by atoms with Gasteiger partial charge in [-0.3, -0.25) is 0 Å². The van der Waals surface area contributed by atoms with E-state index in [1.807, 2.05) is 6.20 Å². The molecule has 3 aromatic carbocycles. The maximum Gasteiger partial charge on any atom is 0.0747 e. The van der Waals surface area contributed by atoms with Gasteiger partial charge in [-0.1, -0.05) is 42.0 Å². The molecule has 0 radical (unpaired) electrons. The molecule has 6 aromatic rings. The van der Waals surface area contributed by atoms with Crippen LogP contribution in [0.5, 0.6) is 0 Å². The molecule has 6 rings (SSSR count). The Hall–Kier alpha value is -3.85. The summed E-state index contributed by atoms with van der Waals surface area (Å²) in [4.78, 5) is 0. The third-order valence-corrected chi connectivity index (χ3v) is 7.51. The highest BCUT2D eigenvalue weighted by molar-refractivity contribution is 6.18. The summed E-state index contributed by atoms with van der Waals surface area (Å²) in [7, 11) is 2.14. The van der Waals surface area contributed by atoms with E-state index in [0.29, 0.717) is 0 Å². The molecule has 3 aromatic heterocycles. The van der Waals surface area contributed by atoms with Crippen LogP contribution in [0.1, 0.15) is 28.1 Å². The molecule has 0 spiro atoms. The van der Waals surface area contributed by atoms with Gasteiger partial charge in [0, 0.05) is 34.8 Å². The molecule has 0 unspecified atom stereocenters. The summed E-state index contributed by atoms with van der Waals surface area (Å²) in [5, 5.41) is 8.47. The Kier molecular flexibility index (Phi) is 4.47. The Morgan fingerprint density at radius 1 is 0.706 bits per heavy atom. The summed E-state index contributed by atoms with van der Waals surface area (Å²) in [5.74, 6) is 0. The van der Waals surface area contributed by atoms with Crippen LogP contribution >= 0.6 is 0 Å². The van der Waals surface area contributed by atoms with Crippen LogP contribution in [0, 0.1) is 34.6 Å². The van der Waals surface area contributed by atoms with E-state index in [4.69, 9.17) is 5.10 Å². The molecule has 34 heavy (non-hydrogen) atoms.